The molecule has 0 saturated heterocycles. The summed E-state index contributed by atoms with van der Waals surface area (Å²) in [5.41, 5.74) is 1.22. The largest absolute Gasteiger partial charge is 0.504 e. The van der Waals surface area contributed by atoms with Crippen molar-refractivity contribution in [2.45, 2.75) is 30.4 Å². The molecule has 2 aliphatic rings. The van der Waals surface area contributed by atoms with E-state index in [9.17, 15) is 10.2 Å². The summed E-state index contributed by atoms with van der Waals surface area (Å²) >= 11 is 6.21. The van der Waals surface area contributed by atoms with Crippen LogP contribution in [0.4, 0.5) is 0 Å². The van der Waals surface area contributed by atoms with Crippen LogP contribution in [-0.2, 0) is 17.6 Å². The van der Waals surface area contributed by atoms with Gasteiger partial charge in [0.2, 0.25) is 0 Å². The minimum Gasteiger partial charge on any atom is -0.504 e. The Labute approximate surface area is 152 Å². The summed E-state index contributed by atoms with van der Waals surface area (Å²) in [6.45, 7) is 0.736. The number of aromatic hydroxyl groups is 1. The fraction of sp³-hybridized carbons (Fsp3) is 0.400. The number of phenols is 1. The van der Waals surface area contributed by atoms with E-state index in [0.29, 0.717) is 10.8 Å². The van der Waals surface area contributed by atoms with Gasteiger partial charge in [-0.05, 0) is 61.7 Å². The SMILES string of the molecule is COc1cc2c(cc1O)[C@@](O)(C1(c3cccc(Cl)c3)CC1)N(C)CC2. The molecule has 2 aromatic rings. The molecule has 2 N–H and O–H groups in total. The van der Waals surface area contributed by atoms with Crippen LogP contribution in [0.5, 0.6) is 11.5 Å². The molecule has 0 unspecified atom stereocenters. The van der Waals surface area contributed by atoms with Crippen LogP contribution in [0, 0.1) is 0 Å². The van der Waals surface area contributed by atoms with E-state index in [-0.39, 0.29) is 5.75 Å². The summed E-state index contributed by atoms with van der Waals surface area (Å²) in [4.78, 5) is 2.00. The first kappa shape index (κ1) is 16.7. The average Bonchev–Trinajstić information content (AvgIpc) is 3.40. The van der Waals surface area contributed by atoms with Crippen molar-refractivity contribution in [2.24, 2.45) is 0 Å². The molecule has 4 rings (SSSR count). The minimum atomic E-state index is -1.19. The second-order valence-electron chi connectivity index (χ2n) is 7.12. The number of nitrogens with zero attached hydrogens (tertiary/aromatic N) is 1. The van der Waals surface area contributed by atoms with Crippen LogP contribution in [0.15, 0.2) is 36.4 Å². The number of likely N-dealkylation sites (N-methyl/N-ethyl adjacent to an activating group) is 1. The highest BCUT2D eigenvalue weighted by Gasteiger charge is 2.64. The highest BCUT2D eigenvalue weighted by molar-refractivity contribution is 6.30. The van der Waals surface area contributed by atoms with Crippen molar-refractivity contribution in [2.75, 3.05) is 20.7 Å². The van der Waals surface area contributed by atoms with Gasteiger partial charge in [-0.2, -0.15) is 0 Å². The Morgan fingerprint density at radius 2 is 1.96 bits per heavy atom. The number of ether oxygens (including phenoxy) is 1. The van der Waals surface area contributed by atoms with E-state index in [0.717, 1.165) is 42.5 Å². The lowest BCUT2D eigenvalue weighted by Crippen LogP contribution is -2.56. The molecular weight excluding hydrogens is 338 g/mol. The average molecular weight is 360 g/mol. The van der Waals surface area contributed by atoms with Gasteiger partial charge in [-0.3, -0.25) is 4.90 Å². The van der Waals surface area contributed by atoms with Gasteiger partial charge < -0.3 is 14.9 Å². The first-order chi connectivity index (χ1) is 11.9. The molecule has 1 saturated carbocycles. The Kier molecular flexibility index (Phi) is 3.76. The number of benzene rings is 2. The van der Waals surface area contributed by atoms with Gasteiger partial charge in [0.15, 0.2) is 17.2 Å². The van der Waals surface area contributed by atoms with Crippen molar-refractivity contribution in [1.82, 2.24) is 4.90 Å². The molecule has 2 aromatic carbocycles. The number of methoxy groups -OCH3 is 1. The Hall–Kier alpha value is -1.75. The summed E-state index contributed by atoms with van der Waals surface area (Å²) < 4.78 is 5.24. The van der Waals surface area contributed by atoms with E-state index in [1.54, 1.807) is 6.07 Å². The maximum atomic E-state index is 11.9. The maximum Gasteiger partial charge on any atom is 0.160 e. The van der Waals surface area contributed by atoms with E-state index >= 15 is 0 Å². The fourth-order valence-corrected chi connectivity index (χ4v) is 4.52. The minimum absolute atomic E-state index is 0.0527. The molecule has 0 bridgehead atoms. The van der Waals surface area contributed by atoms with Gasteiger partial charge in [-0.1, -0.05) is 23.7 Å². The fourth-order valence-electron chi connectivity index (χ4n) is 4.33. The second-order valence-corrected chi connectivity index (χ2v) is 7.55. The van der Waals surface area contributed by atoms with Crippen LogP contribution in [0.25, 0.3) is 0 Å². The number of phenolic OH excluding ortho intramolecular Hbond substituents is 1. The quantitative estimate of drug-likeness (QED) is 0.881. The third kappa shape index (κ3) is 2.28. The lowest BCUT2D eigenvalue weighted by Gasteiger charge is -2.48. The molecular formula is C20H22ClNO3. The first-order valence-corrected chi connectivity index (χ1v) is 8.90. The number of hydrogen-bond acceptors (Lipinski definition) is 4. The van der Waals surface area contributed by atoms with Crippen molar-refractivity contribution in [3.63, 3.8) is 0 Å². The summed E-state index contributed by atoms with van der Waals surface area (Å²) in [6, 6.07) is 11.3. The lowest BCUT2D eigenvalue weighted by molar-refractivity contribution is -0.141. The predicted octanol–water partition coefficient (Wildman–Crippen LogP) is 3.42. The molecule has 5 heteroatoms. The van der Waals surface area contributed by atoms with Crippen molar-refractivity contribution in [3.8, 4) is 11.5 Å². The lowest BCUT2D eigenvalue weighted by atomic mass is 9.75. The zero-order chi connectivity index (χ0) is 17.8. The van der Waals surface area contributed by atoms with Crippen LogP contribution >= 0.6 is 11.6 Å². The van der Waals surface area contributed by atoms with Gasteiger partial charge in [0.1, 0.15) is 0 Å². The summed E-state index contributed by atoms with van der Waals surface area (Å²) in [6.07, 6.45) is 2.55. The number of fused-ring (bicyclic) bond motifs is 1. The molecule has 0 radical (unpaired) electrons. The van der Waals surface area contributed by atoms with E-state index in [4.69, 9.17) is 16.3 Å². The zero-order valence-corrected chi connectivity index (χ0v) is 15.2. The van der Waals surface area contributed by atoms with E-state index in [2.05, 4.69) is 0 Å². The maximum absolute atomic E-state index is 11.9. The Morgan fingerprint density at radius 1 is 1.20 bits per heavy atom. The van der Waals surface area contributed by atoms with Crippen LogP contribution in [-0.4, -0.2) is 35.8 Å². The topological polar surface area (TPSA) is 52.9 Å². The van der Waals surface area contributed by atoms with E-state index < -0.39 is 11.1 Å². The van der Waals surface area contributed by atoms with Crippen molar-refractivity contribution in [3.05, 3.63) is 58.1 Å². The molecule has 4 nitrogen and oxygen atoms in total. The highest BCUT2D eigenvalue weighted by atomic mass is 35.5. The Morgan fingerprint density at radius 3 is 2.60 bits per heavy atom. The zero-order valence-electron chi connectivity index (χ0n) is 14.4. The number of aliphatic hydroxyl groups is 1. The molecule has 1 aliphatic carbocycles. The standard InChI is InChI=1S/C20H22ClNO3/c1-22-9-6-13-10-18(25-2)17(23)12-16(13)20(22,24)19(7-8-19)14-4-3-5-15(21)11-14/h3-5,10-12,23-24H,6-9H2,1-2H3/t20-/m1/s1. The molecule has 1 aliphatic heterocycles. The number of hydrogen-bond donors (Lipinski definition) is 2. The van der Waals surface area contributed by atoms with Gasteiger partial charge in [0, 0.05) is 22.5 Å². The van der Waals surface area contributed by atoms with Gasteiger partial charge in [0.05, 0.1) is 7.11 Å². The molecule has 1 heterocycles. The van der Waals surface area contributed by atoms with Crippen molar-refractivity contribution < 1.29 is 14.9 Å². The van der Waals surface area contributed by atoms with Crippen LogP contribution < -0.4 is 4.74 Å². The number of rotatable bonds is 3. The molecule has 25 heavy (non-hydrogen) atoms. The van der Waals surface area contributed by atoms with Crippen molar-refractivity contribution >= 4 is 11.6 Å². The van der Waals surface area contributed by atoms with Gasteiger partial charge in [0.25, 0.3) is 0 Å². The Balaban J connectivity index is 1.91. The second kappa shape index (κ2) is 5.63. The Bertz CT molecular complexity index is 834. The van der Waals surface area contributed by atoms with Crippen LogP contribution in [0.3, 0.4) is 0 Å². The third-order valence-corrected chi connectivity index (χ3v) is 6.08. The third-order valence-electron chi connectivity index (χ3n) is 5.84. The first-order valence-electron chi connectivity index (χ1n) is 8.52. The summed E-state index contributed by atoms with van der Waals surface area (Å²) in [5.74, 6) is 0.495. The van der Waals surface area contributed by atoms with Gasteiger partial charge in [-0.15, -0.1) is 0 Å². The van der Waals surface area contributed by atoms with Crippen LogP contribution in [0.2, 0.25) is 5.02 Å². The highest BCUT2D eigenvalue weighted by Crippen LogP contribution is 2.62. The summed E-state index contributed by atoms with van der Waals surface area (Å²) in [7, 11) is 3.48. The monoisotopic (exact) mass is 359 g/mol. The van der Waals surface area contributed by atoms with Crippen molar-refractivity contribution in [1.29, 1.82) is 0 Å². The molecule has 0 aromatic heterocycles. The molecule has 1 fully saturated rings. The predicted molar refractivity (Wildman–Crippen MR) is 97.3 cm³/mol. The smallest absolute Gasteiger partial charge is 0.160 e. The van der Waals surface area contributed by atoms with Gasteiger partial charge >= 0.3 is 0 Å². The number of halogens is 1. The molecule has 0 amide bonds. The molecule has 0 spiro atoms. The van der Waals surface area contributed by atoms with Gasteiger partial charge in [-0.25, -0.2) is 0 Å². The molecule has 132 valence electrons. The normalized spacial score (nSPS) is 24.6. The summed E-state index contributed by atoms with van der Waals surface area (Å²) in [5, 5.41) is 22.9. The molecule has 1 atom stereocenters. The van der Waals surface area contributed by atoms with E-state index in [1.807, 2.05) is 42.3 Å². The van der Waals surface area contributed by atoms with Crippen LogP contribution in [0.1, 0.15) is 29.5 Å². The van der Waals surface area contributed by atoms with E-state index in [1.165, 1.54) is 7.11 Å².